The number of fused-ring (bicyclic) bond motifs is 1. The number of hydrogen-bond acceptors (Lipinski definition) is 6. The Balaban J connectivity index is 1.30. The molecule has 0 unspecified atom stereocenters. The highest BCUT2D eigenvalue weighted by atomic mass is 32.1. The Hall–Kier alpha value is -3.06. The van der Waals surface area contributed by atoms with E-state index in [0.717, 1.165) is 22.0 Å². The van der Waals surface area contributed by atoms with Crippen LogP contribution in [-0.4, -0.2) is 21.0 Å². The summed E-state index contributed by atoms with van der Waals surface area (Å²) in [5.74, 6) is 0.964. The number of rotatable bonds is 6. The lowest BCUT2D eigenvalue weighted by atomic mass is 10.1. The molecular formula is C19H16N4O2S. The number of carbonyl (C=O) groups excluding carboxylic acids is 1. The largest absolute Gasteiger partial charge is 0.352 e. The summed E-state index contributed by atoms with van der Waals surface area (Å²) in [6, 6.07) is 11.9. The number of carbonyl (C=O) groups is 1. The number of aryl methyl sites for hydroxylation is 1. The van der Waals surface area contributed by atoms with Gasteiger partial charge in [-0.3, -0.25) is 9.78 Å². The summed E-state index contributed by atoms with van der Waals surface area (Å²) in [6.07, 6.45) is 2.50. The van der Waals surface area contributed by atoms with Crippen LogP contribution in [0.2, 0.25) is 0 Å². The molecule has 0 spiro atoms. The second-order valence-corrected chi connectivity index (χ2v) is 6.62. The maximum Gasteiger partial charge on any atom is 0.227 e. The molecule has 0 saturated carbocycles. The van der Waals surface area contributed by atoms with Crippen LogP contribution >= 0.6 is 11.3 Å². The average molecular weight is 364 g/mol. The molecule has 0 bridgehead atoms. The zero-order valence-corrected chi connectivity index (χ0v) is 14.7. The monoisotopic (exact) mass is 364 g/mol. The lowest BCUT2D eigenvalue weighted by molar-refractivity contribution is -0.121. The van der Waals surface area contributed by atoms with E-state index in [1.807, 2.05) is 47.2 Å². The van der Waals surface area contributed by atoms with Crippen LogP contribution in [0, 0.1) is 0 Å². The fourth-order valence-corrected chi connectivity index (χ4v) is 3.22. The van der Waals surface area contributed by atoms with Crippen molar-refractivity contribution in [1.29, 1.82) is 0 Å². The standard InChI is InChI=1S/C19H16N4O2S/c24-17(5-6-18-22-19(23-25-18)15-7-8-26-12-15)21-11-13-9-14-3-1-2-4-16(14)20-10-13/h1-4,7-10,12H,5-6,11H2,(H,21,24). The van der Waals surface area contributed by atoms with E-state index in [2.05, 4.69) is 20.4 Å². The van der Waals surface area contributed by atoms with E-state index < -0.39 is 0 Å². The fraction of sp³-hybridized carbons (Fsp3) is 0.158. The first-order chi connectivity index (χ1) is 12.8. The van der Waals surface area contributed by atoms with Gasteiger partial charge in [0.1, 0.15) is 0 Å². The molecule has 1 amide bonds. The van der Waals surface area contributed by atoms with Crippen molar-refractivity contribution >= 4 is 28.1 Å². The first kappa shape index (κ1) is 16.4. The Bertz CT molecular complexity index is 1030. The molecular weight excluding hydrogens is 348 g/mol. The van der Waals surface area contributed by atoms with Gasteiger partial charge in [0.25, 0.3) is 0 Å². The summed E-state index contributed by atoms with van der Waals surface area (Å²) in [5, 5.41) is 11.8. The molecule has 7 heteroatoms. The Labute approximate surface area is 153 Å². The van der Waals surface area contributed by atoms with Gasteiger partial charge >= 0.3 is 0 Å². The van der Waals surface area contributed by atoms with Gasteiger partial charge < -0.3 is 9.84 Å². The number of thiophene rings is 1. The predicted octanol–water partition coefficient (Wildman–Crippen LogP) is 3.60. The smallest absolute Gasteiger partial charge is 0.227 e. The summed E-state index contributed by atoms with van der Waals surface area (Å²) in [4.78, 5) is 20.8. The van der Waals surface area contributed by atoms with Gasteiger partial charge in [-0.25, -0.2) is 0 Å². The number of aromatic nitrogens is 3. The van der Waals surface area contributed by atoms with E-state index in [1.165, 1.54) is 0 Å². The molecule has 26 heavy (non-hydrogen) atoms. The van der Waals surface area contributed by atoms with Crippen LogP contribution in [0.4, 0.5) is 0 Å². The summed E-state index contributed by atoms with van der Waals surface area (Å²) in [5.41, 5.74) is 2.84. The minimum Gasteiger partial charge on any atom is -0.352 e. The van der Waals surface area contributed by atoms with Crippen LogP contribution < -0.4 is 5.32 Å². The van der Waals surface area contributed by atoms with Crippen LogP contribution in [0.1, 0.15) is 17.9 Å². The molecule has 0 aliphatic rings. The van der Waals surface area contributed by atoms with E-state index in [0.29, 0.717) is 31.1 Å². The summed E-state index contributed by atoms with van der Waals surface area (Å²) < 4.78 is 5.20. The van der Waals surface area contributed by atoms with Crippen LogP contribution in [-0.2, 0) is 17.8 Å². The molecule has 0 fully saturated rings. The number of pyridine rings is 1. The molecule has 6 nitrogen and oxygen atoms in total. The van der Waals surface area contributed by atoms with Crippen LogP contribution in [0.25, 0.3) is 22.3 Å². The highest BCUT2D eigenvalue weighted by Gasteiger charge is 2.11. The Morgan fingerprint density at radius 1 is 1.23 bits per heavy atom. The third-order valence-electron chi connectivity index (χ3n) is 3.95. The topological polar surface area (TPSA) is 80.9 Å². The Morgan fingerprint density at radius 3 is 3.04 bits per heavy atom. The lowest BCUT2D eigenvalue weighted by Crippen LogP contribution is -2.23. The number of para-hydroxylation sites is 1. The van der Waals surface area contributed by atoms with Gasteiger partial charge in [-0.05, 0) is 29.1 Å². The first-order valence-electron chi connectivity index (χ1n) is 8.23. The van der Waals surface area contributed by atoms with Gasteiger partial charge in [0.05, 0.1) is 5.52 Å². The molecule has 0 radical (unpaired) electrons. The predicted molar refractivity (Wildman–Crippen MR) is 99.5 cm³/mol. The van der Waals surface area contributed by atoms with Crippen LogP contribution in [0.15, 0.2) is 57.9 Å². The van der Waals surface area contributed by atoms with Crippen molar-refractivity contribution < 1.29 is 9.32 Å². The van der Waals surface area contributed by atoms with Crippen molar-refractivity contribution in [3.63, 3.8) is 0 Å². The minimum absolute atomic E-state index is 0.0616. The summed E-state index contributed by atoms with van der Waals surface area (Å²) >= 11 is 1.58. The van der Waals surface area contributed by atoms with Crippen LogP contribution in [0.5, 0.6) is 0 Å². The SMILES string of the molecule is O=C(CCc1nc(-c2ccsc2)no1)NCc1cnc2ccccc2c1. The zero-order chi connectivity index (χ0) is 17.8. The number of benzene rings is 1. The molecule has 1 aromatic carbocycles. The number of nitrogens with one attached hydrogen (secondary N) is 1. The molecule has 3 aromatic heterocycles. The molecule has 0 saturated heterocycles. The van der Waals surface area contributed by atoms with Gasteiger partial charge in [-0.2, -0.15) is 16.3 Å². The zero-order valence-electron chi connectivity index (χ0n) is 13.9. The molecule has 3 heterocycles. The third kappa shape index (κ3) is 3.78. The van der Waals surface area contributed by atoms with Crippen molar-refractivity contribution in [2.24, 2.45) is 0 Å². The Kier molecular flexibility index (Phi) is 4.70. The molecule has 1 N–H and O–H groups in total. The van der Waals surface area contributed by atoms with Crippen LogP contribution in [0.3, 0.4) is 0 Å². The van der Waals surface area contributed by atoms with Crippen molar-refractivity contribution in [2.75, 3.05) is 0 Å². The van der Waals surface area contributed by atoms with Crippen molar-refractivity contribution in [3.8, 4) is 11.4 Å². The van der Waals surface area contributed by atoms with E-state index in [1.54, 1.807) is 17.5 Å². The average Bonchev–Trinajstić information content (AvgIpc) is 3.36. The van der Waals surface area contributed by atoms with E-state index >= 15 is 0 Å². The van der Waals surface area contributed by atoms with Gasteiger partial charge in [-0.1, -0.05) is 23.4 Å². The summed E-state index contributed by atoms with van der Waals surface area (Å²) in [6.45, 7) is 0.445. The second kappa shape index (κ2) is 7.45. The maximum absolute atomic E-state index is 12.1. The van der Waals surface area contributed by atoms with Gasteiger partial charge in [0, 0.05) is 41.9 Å². The molecule has 130 valence electrons. The van der Waals surface area contributed by atoms with E-state index in [-0.39, 0.29) is 5.91 Å². The molecule has 0 aliphatic heterocycles. The van der Waals surface area contributed by atoms with Gasteiger partial charge in [-0.15, -0.1) is 0 Å². The molecule has 0 aliphatic carbocycles. The van der Waals surface area contributed by atoms with Crippen molar-refractivity contribution in [3.05, 3.63) is 64.8 Å². The van der Waals surface area contributed by atoms with Crippen molar-refractivity contribution in [2.45, 2.75) is 19.4 Å². The van der Waals surface area contributed by atoms with Gasteiger partial charge in [0.2, 0.25) is 17.6 Å². The second-order valence-electron chi connectivity index (χ2n) is 5.84. The third-order valence-corrected chi connectivity index (χ3v) is 4.63. The fourth-order valence-electron chi connectivity index (χ4n) is 2.59. The quantitative estimate of drug-likeness (QED) is 0.565. The molecule has 0 atom stereocenters. The highest BCUT2D eigenvalue weighted by molar-refractivity contribution is 7.08. The number of nitrogens with zero attached hydrogens (tertiary/aromatic N) is 3. The normalized spacial score (nSPS) is 10.9. The van der Waals surface area contributed by atoms with Gasteiger partial charge in [0.15, 0.2) is 0 Å². The molecule has 4 rings (SSSR count). The van der Waals surface area contributed by atoms with E-state index in [9.17, 15) is 4.79 Å². The number of hydrogen-bond donors (Lipinski definition) is 1. The van der Waals surface area contributed by atoms with Crippen molar-refractivity contribution in [1.82, 2.24) is 20.4 Å². The highest BCUT2D eigenvalue weighted by Crippen LogP contribution is 2.19. The minimum atomic E-state index is -0.0616. The lowest BCUT2D eigenvalue weighted by Gasteiger charge is -2.05. The maximum atomic E-state index is 12.1. The Morgan fingerprint density at radius 2 is 2.15 bits per heavy atom. The first-order valence-corrected chi connectivity index (χ1v) is 9.18. The summed E-state index contributed by atoms with van der Waals surface area (Å²) in [7, 11) is 0. The van der Waals surface area contributed by atoms with E-state index in [4.69, 9.17) is 4.52 Å². The molecule has 4 aromatic rings. The number of amides is 1.